The van der Waals surface area contributed by atoms with Gasteiger partial charge < -0.3 is 9.88 Å². The molecule has 1 saturated heterocycles. The number of piperidine rings is 1. The van der Waals surface area contributed by atoms with Gasteiger partial charge in [-0.25, -0.2) is 9.37 Å². The summed E-state index contributed by atoms with van der Waals surface area (Å²) in [6, 6.07) is 5.52. The van der Waals surface area contributed by atoms with Crippen molar-refractivity contribution in [2.45, 2.75) is 25.9 Å². The van der Waals surface area contributed by atoms with Crippen LogP contribution in [0.1, 0.15) is 30.9 Å². The fraction of sp³-hybridized carbons (Fsp3) is 0.286. The molecule has 4 rings (SSSR count). The molecule has 3 aromatic rings. The normalized spacial score (nSPS) is 17.1. The number of hydrogen-bond acceptors (Lipinski definition) is 2. The SMILES string of the molecule is C/C(=C1\CCCN(c2ccc(C(F)(F)F)cn2)C1)c1c(F)cc(Cl)c2[nH]ccc12. The number of anilines is 1. The predicted molar refractivity (Wildman–Crippen MR) is 107 cm³/mol. The van der Waals surface area contributed by atoms with Crippen LogP contribution in [-0.4, -0.2) is 23.1 Å². The Hall–Kier alpha value is -2.54. The summed E-state index contributed by atoms with van der Waals surface area (Å²) in [6.07, 6.45) is -0.250. The predicted octanol–water partition coefficient (Wildman–Crippen LogP) is 6.45. The van der Waals surface area contributed by atoms with Gasteiger partial charge in [0.25, 0.3) is 0 Å². The van der Waals surface area contributed by atoms with Gasteiger partial charge in [0.2, 0.25) is 0 Å². The fourth-order valence-electron chi connectivity index (χ4n) is 3.83. The molecule has 8 heteroatoms. The van der Waals surface area contributed by atoms with Gasteiger partial charge in [-0.3, -0.25) is 0 Å². The number of benzene rings is 1. The van der Waals surface area contributed by atoms with Crippen molar-refractivity contribution >= 4 is 33.9 Å². The molecular formula is C21H18ClF4N3. The molecule has 0 spiro atoms. The van der Waals surface area contributed by atoms with Gasteiger partial charge in [-0.05, 0) is 55.2 Å². The number of hydrogen-bond donors (Lipinski definition) is 1. The highest BCUT2D eigenvalue weighted by atomic mass is 35.5. The Labute approximate surface area is 170 Å². The zero-order valence-corrected chi connectivity index (χ0v) is 16.3. The Bertz CT molecular complexity index is 1080. The summed E-state index contributed by atoms with van der Waals surface area (Å²) in [5.41, 5.74) is 2.26. The van der Waals surface area contributed by atoms with Crippen LogP contribution in [0.4, 0.5) is 23.4 Å². The molecule has 1 aliphatic rings. The van der Waals surface area contributed by atoms with Crippen LogP contribution in [0, 0.1) is 5.82 Å². The number of H-pyrrole nitrogens is 1. The first-order chi connectivity index (χ1) is 13.8. The molecule has 2 aromatic heterocycles. The summed E-state index contributed by atoms with van der Waals surface area (Å²) in [5, 5.41) is 1.04. The molecule has 0 radical (unpaired) electrons. The van der Waals surface area contributed by atoms with Crippen LogP contribution < -0.4 is 4.90 Å². The largest absolute Gasteiger partial charge is 0.417 e. The molecule has 1 aromatic carbocycles. The van der Waals surface area contributed by atoms with Gasteiger partial charge in [-0.1, -0.05) is 11.6 Å². The number of nitrogens with zero attached hydrogens (tertiary/aromatic N) is 2. The Morgan fingerprint density at radius 3 is 2.72 bits per heavy atom. The molecule has 0 bridgehead atoms. The van der Waals surface area contributed by atoms with E-state index in [1.807, 2.05) is 11.8 Å². The van der Waals surface area contributed by atoms with Crippen LogP contribution in [0.15, 0.2) is 42.2 Å². The summed E-state index contributed by atoms with van der Waals surface area (Å²) in [4.78, 5) is 8.95. The van der Waals surface area contributed by atoms with Crippen LogP contribution >= 0.6 is 11.6 Å². The quantitative estimate of drug-likeness (QED) is 0.480. The lowest BCUT2D eigenvalue weighted by Gasteiger charge is -2.31. The van der Waals surface area contributed by atoms with Gasteiger partial charge in [0.1, 0.15) is 11.6 Å². The van der Waals surface area contributed by atoms with Crippen molar-refractivity contribution in [1.29, 1.82) is 0 Å². The van der Waals surface area contributed by atoms with Crippen LogP contribution in [0.3, 0.4) is 0 Å². The monoisotopic (exact) mass is 423 g/mol. The molecule has 1 aliphatic heterocycles. The molecule has 0 unspecified atom stereocenters. The highest BCUT2D eigenvalue weighted by Crippen LogP contribution is 2.36. The van der Waals surface area contributed by atoms with Crippen molar-refractivity contribution < 1.29 is 17.6 Å². The van der Waals surface area contributed by atoms with Crippen molar-refractivity contribution in [3.63, 3.8) is 0 Å². The Balaban J connectivity index is 1.68. The zero-order valence-electron chi connectivity index (χ0n) is 15.6. The molecule has 1 fully saturated rings. The van der Waals surface area contributed by atoms with Crippen molar-refractivity contribution in [1.82, 2.24) is 9.97 Å². The van der Waals surface area contributed by atoms with E-state index in [4.69, 9.17) is 11.6 Å². The molecule has 29 heavy (non-hydrogen) atoms. The third-order valence-electron chi connectivity index (χ3n) is 5.34. The lowest BCUT2D eigenvalue weighted by Crippen LogP contribution is -2.32. The van der Waals surface area contributed by atoms with Gasteiger partial charge in [-0.15, -0.1) is 0 Å². The average molecular weight is 424 g/mol. The summed E-state index contributed by atoms with van der Waals surface area (Å²) < 4.78 is 53.1. The number of pyridine rings is 1. The van der Waals surface area contributed by atoms with Crippen LogP contribution in [-0.2, 0) is 6.18 Å². The lowest BCUT2D eigenvalue weighted by molar-refractivity contribution is -0.137. The van der Waals surface area contributed by atoms with E-state index in [0.29, 0.717) is 40.4 Å². The first kappa shape index (κ1) is 19.8. The summed E-state index contributed by atoms with van der Waals surface area (Å²) >= 11 is 6.13. The summed E-state index contributed by atoms with van der Waals surface area (Å²) in [5.74, 6) is 0.0863. The van der Waals surface area contributed by atoms with Crippen molar-refractivity contribution in [3.8, 4) is 0 Å². The number of halogens is 5. The number of aromatic nitrogens is 2. The highest BCUT2D eigenvalue weighted by Gasteiger charge is 2.31. The maximum absolute atomic E-state index is 14.8. The van der Waals surface area contributed by atoms with E-state index in [1.165, 1.54) is 12.1 Å². The molecule has 0 amide bonds. The van der Waals surface area contributed by atoms with Crippen LogP contribution in [0.25, 0.3) is 16.5 Å². The minimum Gasteiger partial charge on any atom is -0.360 e. The minimum absolute atomic E-state index is 0.322. The molecule has 3 nitrogen and oxygen atoms in total. The second kappa shape index (κ2) is 7.37. The first-order valence-electron chi connectivity index (χ1n) is 9.18. The fourth-order valence-corrected chi connectivity index (χ4v) is 4.08. The number of rotatable bonds is 2. The maximum Gasteiger partial charge on any atom is 0.417 e. The van der Waals surface area contributed by atoms with E-state index in [-0.39, 0.29) is 0 Å². The first-order valence-corrected chi connectivity index (χ1v) is 9.56. The Morgan fingerprint density at radius 2 is 2.03 bits per heavy atom. The second-order valence-corrected chi connectivity index (χ2v) is 7.55. The molecular weight excluding hydrogens is 406 g/mol. The molecule has 0 saturated carbocycles. The number of aromatic amines is 1. The van der Waals surface area contributed by atoms with Gasteiger partial charge in [0.05, 0.1) is 16.1 Å². The average Bonchev–Trinajstić information content (AvgIpc) is 3.17. The van der Waals surface area contributed by atoms with E-state index in [9.17, 15) is 17.6 Å². The van der Waals surface area contributed by atoms with E-state index >= 15 is 0 Å². The third kappa shape index (κ3) is 3.71. The molecule has 0 atom stereocenters. The third-order valence-corrected chi connectivity index (χ3v) is 5.64. The van der Waals surface area contributed by atoms with E-state index in [2.05, 4.69) is 9.97 Å². The van der Waals surface area contributed by atoms with Gasteiger partial charge in [0, 0.05) is 36.4 Å². The Kier molecular flexibility index (Phi) is 5.02. The van der Waals surface area contributed by atoms with Crippen molar-refractivity contribution in [2.24, 2.45) is 0 Å². The molecule has 1 N–H and O–H groups in total. The summed E-state index contributed by atoms with van der Waals surface area (Å²) in [6.45, 7) is 3.04. The van der Waals surface area contributed by atoms with Crippen LogP contribution in [0.2, 0.25) is 5.02 Å². The summed E-state index contributed by atoms with van der Waals surface area (Å²) in [7, 11) is 0. The second-order valence-electron chi connectivity index (χ2n) is 7.14. The van der Waals surface area contributed by atoms with E-state index < -0.39 is 17.6 Å². The van der Waals surface area contributed by atoms with Crippen molar-refractivity contribution in [3.05, 3.63) is 64.2 Å². The Morgan fingerprint density at radius 1 is 1.24 bits per heavy atom. The van der Waals surface area contributed by atoms with E-state index in [0.717, 1.165) is 36.3 Å². The van der Waals surface area contributed by atoms with E-state index in [1.54, 1.807) is 12.3 Å². The number of alkyl halides is 3. The highest BCUT2D eigenvalue weighted by molar-refractivity contribution is 6.35. The molecule has 0 aliphatic carbocycles. The zero-order chi connectivity index (χ0) is 20.8. The smallest absolute Gasteiger partial charge is 0.360 e. The standard InChI is InChI=1S/C21H18ClF4N3/c1-12(19-15-6-7-27-20(15)16(22)9-17(19)23)13-3-2-8-29(11-13)18-5-4-14(10-28-18)21(24,25)26/h4-7,9-10,27H,2-3,8,11H2,1H3/b13-12-. The van der Waals surface area contributed by atoms with Crippen molar-refractivity contribution in [2.75, 3.05) is 18.0 Å². The topological polar surface area (TPSA) is 31.9 Å². The molecule has 152 valence electrons. The maximum atomic E-state index is 14.8. The number of allylic oxidation sites excluding steroid dienone is 1. The minimum atomic E-state index is -4.41. The van der Waals surface area contributed by atoms with Crippen LogP contribution in [0.5, 0.6) is 0 Å². The van der Waals surface area contributed by atoms with Gasteiger partial charge >= 0.3 is 6.18 Å². The number of fused-ring (bicyclic) bond motifs is 1. The van der Waals surface area contributed by atoms with Gasteiger partial charge in [0.15, 0.2) is 0 Å². The molecule has 3 heterocycles. The number of nitrogens with one attached hydrogen (secondary N) is 1. The lowest BCUT2D eigenvalue weighted by atomic mass is 9.93. The van der Waals surface area contributed by atoms with Gasteiger partial charge in [-0.2, -0.15) is 13.2 Å².